The van der Waals surface area contributed by atoms with Gasteiger partial charge in [0.15, 0.2) is 0 Å². The lowest BCUT2D eigenvalue weighted by molar-refractivity contribution is 0.147. The van der Waals surface area contributed by atoms with Crippen LogP contribution in [-0.4, -0.2) is 71.0 Å². The first-order valence-electron chi connectivity index (χ1n) is 8.08. The lowest BCUT2D eigenvalue weighted by Crippen LogP contribution is -2.35. The van der Waals surface area contributed by atoms with E-state index in [9.17, 15) is 5.11 Å². The summed E-state index contributed by atoms with van der Waals surface area (Å²) in [5.41, 5.74) is 1.95. The van der Waals surface area contributed by atoms with Crippen LogP contribution in [0.15, 0.2) is 6.07 Å². The van der Waals surface area contributed by atoms with Crippen molar-refractivity contribution in [2.75, 3.05) is 50.8 Å². The summed E-state index contributed by atoms with van der Waals surface area (Å²) in [4.78, 5) is 13.5. The van der Waals surface area contributed by atoms with Gasteiger partial charge in [-0.3, -0.25) is 0 Å². The highest BCUT2D eigenvalue weighted by Crippen LogP contribution is 2.27. The predicted molar refractivity (Wildman–Crippen MR) is 87.0 cm³/mol. The highest BCUT2D eigenvalue weighted by Gasteiger charge is 2.34. The maximum Gasteiger partial charge on any atom is 0.225 e. The predicted octanol–water partition coefficient (Wildman–Crippen LogP) is 0.452. The number of likely N-dealkylation sites (N-methyl/N-ethyl adjacent to an activating group) is 1. The summed E-state index contributed by atoms with van der Waals surface area (Å²) in [5.74, 6) is 1.38. The molecule has 6 nitrogen and oxygen atoms in total. The van der Waals surface area contributed by atoms with Gasteiger partial charge in [0, 0.05) is 50.1 Å². The van der Waals surface area contributed by atoms with Gasteiger partial charge >= 0.3 is 0 Å². The van der Waals surface area contributed by atoms with Crippen LogP contribution in [0.1, 0.15) is 18.3 Å². The van der Waals surface area contributed by atoms with Gasteiger partial charge in [0.1, 0.15) is 0 Å². The molecule has 0 radical (unpaired) electrons. The van der Waals surface area contributed by atoms with Crippen molar-refractivity contribution < 1.29 is 10.2 Å². The minimum atomic E-state index is 0.175. The van der Waals surface area contributed by atoms with Crippen molar-refractivity contribution in [3.8, 4) is 0 Å². The molecule has 6 heteroatoms. The van der Waals surface area contributed by atoms with Crippen LogP contribution in [0.3, 0.4) is 0 Å². The second-order valence-electron chi connectivity index (χ2n) is 6.18. The van der Waals surface area contributed by atoms with E-state index in [1.807, 2.05) is 19.9 Å². The van der Waals surface area contributed by atoms with Crippen molar-refractivity contribution in [1.82, 2.24) is 14.9 Å². The maximum absolute atomic E-state index is 9.69. The number of aliphatic hydroxyl groups excluding tert-OH is 2. The summed E-state index contributed by atoms with van der Waals surface area (Å²) in [6.07, 6.45) is 0. The summed E-state index contributed by atoms with van der Waals surface area (Å²) < 4.78 is 0. The van der Waals surface area contributed by atoms with E-state index in [2.05, 4.69) is 26.7 Å². The summed E-state index contributed by atoms with van der Waals surface area (Å²) >= 11 is 0. The van der Waals surface area contributed by atoms with Gasteiger partial charge in [0.25, 0.3) is 0 Å². The van der Waals surface area contributed by atoms with Crippen LogP contribution in [0.25, 0.3) is 0 Å². The number of nitrogens with zero attached hydrogens (tertiary/aromatic N) is 4. The zero-order valence-corrected chi connectivity index (χ0v) is 13.9. The molecule has 1 aliphatic heterocycles. The van der Waals surface area contributed by atoms with E-state index in [0.717, 1.165) is 43.5 Å². The average Bonchev–Trinajstić information content (AvgIpc) is 2.88. The molecule has 1 saturated heterocycles. The van der Waals surface area contributed by atoms with E-state index in [4.69, 9.17) is 5.11 Å². The first-order valence-corrected chi connectivity index (χ1v) is 8.08. The summed E-state index contributed by atoms with van der Waals surface area (Å²) in [7, 11) is 0. The van der Waals surface area contributed by atoms with Crippen molar-refractivity contribution in [1.29, 1.82) is 0 Å². The molecular weight excluding hydrogens is 280 g/mol. The Morgan fingerprint density at radius 3 is 2.36 bits per heavy atom. The van der Waals surface area contributed by atoms with Crippen molar-refractivity contribution in [3.05, 3.63) is 17.5 Å². The number of hydrogen-bond donors (Lipinski definition) is 2. The molecule has 0 saturated carbocycles. The van der Waals surface area contributed by atoms with Crippen molar-refractivity contribution >= 4 is 5.95 Å². The van der Waals surface area contributed by atoms with Gasteiger partial charge in [0.2, 0.25) is 5.95 Å². The molecule has 1 aromatic heterocycles. The molecule has 0 bridgehead atoms. The number of hydrogen-bond acceptors (Lipinski definition) is 6. The zero-order valence-electron chi connectivity index (χ0n) is 13.9. The fourth-order valence-electron chi connectivity index (χ4n) is 3.22. The van der Waals surface area contributed by atoms with Gasteiger partial charge in [-0.2, -0.15) is 0 Å². The van der Waals surface area contributed by atoms with Gasteiger partial charge in [-0.25, -0.2) is 9.97 Å². The second-order valence-corrected chi connectivity index (χ2v) is 6.18. The number of anilines is 1. The molecule has 0 unspecified atom stereocenters. The van der Waals surface area contributed by atoms with Crippen molar-refractivity contribution in [2.24, 2.45) is 11.8 Å². The zero-order chi connectivity index (χ0) is 16.1. The Kier molecular flexibility index (Phi) is 6.11. The largest absolute Gasteiger partial charge is 0.396 e. The SMILES string of the molecule is CCN(CCO)C[C@@H]1CN(c2nc(C)cc(C)n2)C[C@@H]1CO. The topological polar surface area (TPSA) is 72.7 Å². The minimum absolute atomic E-state index is 0.175. The molecule has 1 aliphatic rings. The third kappa shape index (κ3) is 4.15. The quantitative estimate of drug-likeness (QED) is 0.762. The van der Waals surface area contributed by atoms with Crippen molar-refractivity contribution in [3.63, 3.8) is 0 Å². The third-order valence-electron chi connectivity index (χ3n) is 4.42. The molecule has 124 valence electrons. The standard InChI is InChI=1S/C16H28N4O2/c1-4-19(5-6-21)8-14-9-20(10-15(14)11-22)16-17-12(2)7-13(3)18-16/h7,14-15,21-22H,4-6,8-11H2,1-3H3/t14-,15-/m1/s1. The maximum atomic E-state index is 9.69. The molecule has 2 heterocycles. The van der Waals surface area contributed by atoms with Crippen LogP contribution >= 0.6 is 0 Å². The van der Waals surface area contributed by atoms with E-state index in [-0.39, 0.29) is 19.1 Å². The fourth-order valence-corrected chi connectivity index (χ4v) is 3.22. The number of rotatable bonds is 7. The van der Waals surface area contributed by atoms with Crippen LogP contribution in [0, 0.1) is 25.7 Å². The fraction of sp³-hybridized carbons (Fsp3) is 0.750. The third-order valence-corrected chi connectivity index (χ3v) is 4.42. The van der Waals surface area contributed by atoms with Crippen molar-refractivity contribution in [2.45, 2.75) is 20.8 Å². The highest BCUT2D eigenvalue weighted by atomic mass is 16.3. The molecule has 2 N–H and O–H groups in total. The Labute approximate surface area is 132 Å². The summed E-state index contributed by atoms with van der Waals surface area (Å²) in [6, 6.07) is 1.97. The van der Waals surface area contributed by atoms with Gasteiger partial charge in [0.05, 0.1) is 6.61 Å². The Morgan fingerprint density at radius 1 is 1.18 bits per heavy atom. The molecule has 0 spiro atoms. The smallest absolute Gasteiger partial charge is 0.225 e. The van der Waals surface area contributed by atoms with E-state index >= 15 is 0 Å². The lowest BCUT2D eigenvalue weighted by Gasteiger charge is -2.25. The molecule has 22 heavy (non-hydrogen) atoms. The normalized spacial score (nSPS) is 21.8. The number of aryl methyl sites for hydroxylation is 2. The minimum Gasteiger partial charge on any atom is -0.396 e. The van der Waals surface area contributed by atoms with E-state index in [0.29, 0.717) is 12.5 Å². The Bertz CT molecular complexity index is 463. The molecule has 0 aliphatic carbocycles. The van der Waals surface area contributed by atoms with E-state index < -0.39 is 0 Å². The van der Waals surface area contributed by atoms with Gasteiger partial charge in [-0.05, 0) is 32.4 Å². The van der Waals surface area contributed by atoms with Crippen LogP contribution in [-0.2, 0) is 0 Å². The molecule has 1 aromatic rings. The Balaban J connectivity index is 2.08. The van der Waals surface area contributed by atoms with Crippen LogP contribution < -0.4 is 4.90 Å². The Morgan fingerprint density at radius 2 is 1.82 bits per heavy atom. The average molecular weight is 308 g/mol. The molecule has 2 rings (SSSR count). The molecular formula is C16H28N4O2. The summed E-state index contributed by atoms with van der Waals surface area (Å²) in [6.45, 7) is 10.6. The van der Waals surface area contributed by atoms with E-state index in [1.54, 1.807) is 0 Å². The Hall–Kier alpha value is -1.24. The van der Waals surface area contributed by atoms with Gasteiger partial charge < -0.3 is 20.0 Å². The molecule has 1 fully saturated rings. The first kappa shape index (κ1) is 17.1. The molecule has 0 aromatic carbocycles. The van der Waals surface area contributed by atoms with Crippen LogP contribution in [0.5, 0.6) is 0 Å². The highest BCUT2D eigenvalue weighted by molar-refractivity contribution is 5.34. The van der Waals surface area contributed by atoms with Gasteiger partial charge in [-0.1, -0.05) is 6.92 Å². The molecule has 0 amide bonds. The number of aliphatic hydroxyl groups is 2. The number of aromatic nitrogens is 2. The molecule has 2 atom stereocenters. The first-order chi connectivity index (χ1) is 10.6. The monoisotopic (exact) mass is 308 g/mol. The lowest BCUT2D eigenvalue weighted by atomic mass is 9.96. The van der Waals surface area contributed by atoms with Gasteiger partial charge in [-0.15, -0.1) is 0 Å². The van der Waals surface area contributed by atoms with Crippen LogP contribution in [0.4, 0.5) is 5.95 Å². The summed E-state index contributed by atoms with van der Waals surface area (Å²) in [5, 5.41) is 18.8. The van der Waals surface area contributed by atoms with E-state index in [1.165, 1.54) is 0 Å². The van der Waals surface area contributed by atoms with Crippen LogP contribution in [0.2, 0.25) is 0 Å². The second kappa shape index (κ2) is 7.85.